The van der Waals surface area contributed by atoms with Crippen molar-refractivity contribution in [3.63, 3.8) is 0 Å². The summed E-state index contributed by atoms with van der Waals surface area (Å²) in [6, 6.07) is 27.1. The molecule has 2 aliphatic carbocycles. The Morgan fingerprint density at radius 2 is 1.39 bits per heavy atom. The van der Waals surface area contributed by atoms with Crippen molar-refractivity contribution in [3.05, 3.63) is 107 Å². The lowest BCUT2D eigenvalue weighted by molar-refractivity contribution is 1.24. The molecule has 0 radical (unpaired) electrons. The highest BCUT2D eigenvalue weighted by Crippen LogP contribution is 2.45. The number of aromatic nitrogens is 2. The van der Waals surface area contributed by atoms with Crippen LogP contribution in [0.5, 0.6) is 0 Å². The van der Waals surface area contributed by atoms with Crippen LogP contribution >= 0.6 is 0 Å². The van der Waals surface area contributed by atoms with Crippen LogP contribution in [0.15, 0.2) is 85.2 Å². The van der Waals surface area contributed by atoms with Gasteiger partial charge in [0.2, 0.25) is 0 Å². The Labute approximate surface area is 179 Å². The first-order valence-corrected chi connectivity index (χ1v) is 10.9. The molecular weight excluding hydrogens is 376 g/mol. The second-order valence-electron chi connectivity index (χ2n) is 8.84. The third-order valence-electron chi connectivity index (χ3n) is 7.28. The van der Waals surface area contributed by atoms with Crippen LogP contribution in [0.3, 0.4) is 0 Å². The van der Waals surface area contributed by atoms with Crippen molar-refractivity contribution in [2.75, 3.05) is 0 Å². The van der Waals surface area contributed by atoms with E-state index in [0.717, 1.165) is 18.5 Å². The summed E-state index contributed by atoms with van der Waals surface area (Å²) in [5.41, 5.74) is 13.5. The van der Waals surface area contributed by atoms with Crippen LogP contribution < -0.4 is 0 Å². The maximum absolute atomic E-state index is 4.82. The molecule has 2 aliphatic rings. The molecule has 0 bridgehead atoms. The Morgan fingerprint density at radius 1 is 0.613 bits per heavy atom. The van der Waals surface area contributed by atoms with Gasteiger partial charge in [0.25, 0.3) is 0 Å². The molecule has 0 saturated heterocycles. The first-order chi connectivity index (χ1) is 15.4. The Hall–Kier alpha value is -3.91. The number of benzene rings is 4. The van der Waals surface area contributed by atoms with Crippen LogP contribution in [0.2, 0.25) is 0 Å². The van der Waals surface area contributed by atoms with Crippen LogP contribution in [0.4, 0.5) is 0 Å². The van der Waals surface area contributed by atoms with E-state index < -0.39 is 0 Å². The number of pyridine rings is 1. The molecule has 2 nitrogen and oxygen atoms in total. The number of hydrogen-bond donors (Lipinski definition) is 0. The van der Waals surface area contributed by atoms with Crippen LogP contribution in [-0.4, -0.2) is 9.38 Å². The molecule has 31 heavy (non-hydrogen) atoms. The van der Waals surface area contributed by atoms with Gasteiger partial charge in [-0.2, -0.15) is 0 Å². The van der Waals surface area contributed by atoms with Gasteiger partial charge in [-0.3, -0.25) is 4.40 Å². The zero-order chi connectivity index (χ0) is 20.1. The number of nitrogens with zero attached hydrogens (tertiary/aromatic N) is 2. The maximum Gasteiger partial charge on any atom is 0.145 e. The van der Waals surface area contributed by atoms with Crippen molar-refractivity contribution < 1.29 is 0 Å². The lowest BCUT2D eigenvalue weighted by Gasteiger charge is -2.14. The predicted octanol–water partition coefficient (Wildman–Crippen LogP) is 6.78. The quantitative estimate of drug-likeness (QED) is 0.259. The second kappa shape index (κ2) is 5.41. The van der Waals surface area contributed by atoms with Gasteiger partial charge in [-0.15, -0.1) is 0 Å². The number of imidazole rings is 1. The van der Waals surface area contributed by atoms with E-state index in [0.29, 0.717) is 0 Å². The number of hydrogen-bond acceptors (Lipinski definition) is 1. The molecule has 0 unspecified atom stereocenters. The van der Waals surface area contributed by atoms with E-state index in [2.05, 4.69) is 83.4 Å². The molecule has 0 amide bonds. The van der Waals surface area contributed by atoms with Gasteiger partial charge in [0.15, 0.2) is 0 Å². The van der Waals surface area contributed by atoms with E-state index in [1.54, 1.807) is 0 Å². The topological polar surface area (TPSA) is 17.3 Å². The average Bonchev–Trinajstić information content (AvgIpc) is 3.52. The zero-order valence-electron chi connectivity index (χ0n) is 16.9. The fourth-order valence-electron chi connectivity index (χ4n) is 5.95. The molecule has 8 rings (SSSR count). The molecule has 0 saturated carbocycles. The molecule has 6 aromatic rings. The third-order valence-corrected chi connectivity index (χ3v) is 7.28. The summed E-state index contributed by atoms with van der Waals surface area (Å²) in [6.45, 7) is 0. The maximum atomic E-state index is 4.82. The largest absolute Gasteiger partial charge is 0.299 e. The first-order valence-electron chi connectivity index (χ1n) is 10.9. The summed E-state index contributed by atoms with van der Waals surface area (Å²) < 4.78 is 2.31. The molecule has 2 heteroatoms. The Bertz CT molecular complexity index is 1740. The average molecular weight is 394 g/mol. The van der Waals surface area contributed by atoms with Crippen molar-refractivity contribution >= 4 is 27.3 Å². The van der Waals surface area contributed by atoms with Gasteiger partial charge in [-0.05, 0) is 69.3 Å². The van der Waals surface area contributed by atoms with Gasteiger partial charge in [-0.1, -0.05) is 60.7 Å². The highest BCUT2D eigenvalue weighted by atomic mass is 15.0. The smallest absolute Gasteiger partial charge is 0.145 e. The van der Waals surface area contributed by atoms with Gasteiger partial charge in [0.1, 0.15) is 5.65 Å². The van der Waals surface area contributed by atoms with Crippen molar-refractivity contribution in [1.29, 1.82) is 0 Å². The number of rotatable bonds is 0. The monoisotopic (exact) mass is 394 g/mol. The van der Waals surface area contributed by atoms with E-state index in [4.69, 9.17) is 4.98 Å². The molecule has 0 spiro atoms. The second-order valence-corrected chi connectivity index (χ2v) is 8.84. The highest BCUT2D eigenvalue weighted by Gasteiger charge is 2.25. The van der Waals surface area contributed by atoms with Gasteiger partial charge < -0.3 is 0 Å². The van der Waals surface area contributed by atoms with Gasteiger partial charge in [0.05, 0.1) is 5.52 Å². The summed E-state index contributed by atoms with van der Waals surface area (Å²) in [5, 5.41) is 3.86. The zero-order valence-corrected chi connectivity index (χ0v) is 16.9. The summed E-state index contributed by atoms with van der Waals surface area (Å²) in [7, 11) is 0. The Morgan fingerprint density at radius 3 is 2.29 bits per heavy atom. The molecule has 0 fully saturated rings. The van der Waals surface area contributed by atoms with Crippen molar-refractivity contribution in [3.8, 4) is 22.3 Å². The van der Waals surface area contributed by atoms with Crippen LogP contribution in [-0.2, 0) is 12.8 Å². The van der Waals surface area contributed by atoms with E-state index in [1.807, 2.05) is 6.20 Å². The molecule has 2 aromatic heterocycles. The molecular formula is C29H18N2. The van der Waals surface area contributed by atoms with E-state index in [-0.39, 0.29) is 0 Å². The fourth-order valence-corrected chi connectivity index (χ4v) is 5.95. The first kappa shape index (κ1) is 15.9. The molecule has 144 valence electrons. The van der Waals surface area contributed by atoms with Crippen molar-refractivity contribution in [2.45, 2.75) is 12.8 Å². The molecule has 0 aliphatic heterocycles. The Balaban J connectivity index is 1.56. The highest BCUT2D eigenvalue weighted by molar-refractivity contribution is 6.17. The van der Waals surface area contributed by atoms with Crippen LogP contribution in [0.1, 0.15) is 22.3 Å². The molecule has 2 heterocycles. The Kier molecular flexibility index (Phi) is 2.77. The summed E-state index contributed by atoms with van der Waals surface area (Å²) >= 11 is 0. The molecule has 0 N–H and O–H groups in total. The minimum absolute atomic E-state index is 1.01. The lowest BCUT2D eigenvalue weighted by Crippen LogP contribution is -1.95. The lowest BCUT2D eigenvalue weighted by atomic mass is 9.95. The van der Waals surface area contributed by atoms with Gasteiger partial charge >= 0.3 is 0 Å². The van der Waals surface area contributed by atoms with Crippen molar-refractivity contribution in [2.24, 2.45) is 0 Å². The third kappa shape index (κ3) is 1.91. The molecule has 0 atom stereocenters. The van der Waals surface area contributed by atoms with E-state index in [9.17, 15) is 0 Å². The minimum atomic E-state index is 1.01. The number of fused-ring (bicyclic) bond motifs is 13. The fraction of sp³-hybridized carbons (Fsp3) is 0.0690. The summed E-state index contributed by atoms with van der Waals surface area (Å²) in [6.07, 6.45) is 6.08. The standard InChI is InChI=1S/C29H18N2/c1-3-7-21-17(5-1)14-20-15-25-23-10-9-19-13-18-6-2-4-8-22(18)27(19)28(23)31-12-11-30-29(31)26(25)16-24(20)21/h1-12,15-16H,13-14H2. The van der Waals surface area contributed by atoms with E-state index >= 15 is 0 Å². The summed E-state index contributed by atoms with van der Waals surface area (Å²) in [4.78, 5) is 4.82. The van der Waals surface area contributed by atoms with Crippen molar-refractivity contribution in [1.82, 2.24) is 9.38 Å². The van der Waals surface area contributed by atoms with Crippen LogP contribution in [0, 0.1) is 0 Å². The predicted molar refractivity (Wildman–Crippen MR) is 127 cm³/mol. The molecule has 4 aromatic carbocycles. The summed E-state index contributed by atoms with van der Waals surface area (Å²) in [5.74, 6) is 0. The van der Waals surface area contributed by atoms with Gasteiger partial charge in [-0.25, -0.2) is 4.98 Å². The van der Waals surface area contributed by atoms with E-state index in [1.165, 1.54) is 66.2 Å². The van der Waals surface area contributed by atoms with Crippen LogP contribution in [0.25, 0.3) is 49.6 Å². The SMILES string of the molecule is c1ccc2c(c1)Cc1cc3c(cc1-2)c1nccn1c1c2c(ccc31)Cc1ccccc1-2. The minimum Gasteiger partial charge on any atom is -0.299 e. The normalized spacial score (nSPS) is 13.5. The van der Waals surface area contributed by atoms with Gasteiger partial charge in [0, 0.05) is 28.7 Å².